The molecular weight excluding hydrogens is 338 g/mol. The van der Waals surface area contributed by atoms with E-state index in [4.69, 9.17) is 4.74 Å². The molecule has 1 fully saturated rings. The number of nitrogens with one attached hydrogen (secondary N) is 1. The van der Waals surface area contributed by atoms with Crippen LogP contribution in [0.1, 0.15) is 18.4 Å². The lowest BCUT2D eigenvalue weighted by Gasteiger charge is -2.16. The van der Waals surface area contributed by atoms with Gasteiger partial charge >= 0.3 is 0 Å². The van der Waals surface area contributed by atoms with Crippen molar-refractivity contribution in [3.05, 3.63) is 66.4 Å². The minimum Gasteiger partial charge on any atom is -0.484 e. The predicted octanol–water partition coefficient (Wildman–Crippen LogP) is 3.85. The van der Waals surface area contributed by atoms with Crippen LogP contribution in [0.4, 0.5) is 5.69 Å². The van der Waals surface area contributed by atoms with Crippen molar-refractivity contribution in [2.45, 2.75) is 19.4 Å². The molecule has 138 valence electrons. The third kappa shape index (κ3) is 4.37. The van der Waals surface area contributed by atoms with Gasteiger partial charge in [-0.15, -0.1) is 0 Å². The number of hydrogen-bond acceptors (Lipinski definition) is 4. The normalized spacial score (nSPS) is 13.7. The Kier molecular flexibility index (Phi) is 5.19. The Labute approximate surface area is 159 Å². The molecule has 1 amide bonds. The topological polar surface area (TPSA) is 54.5 Å². The van der Waals surface area contributed by atoms with Crippen LogP contribution in [0.5, 0.6) is 5.75 Å². The Morgan fingerprint density at radius 3 is 2.81 bits per heavy atom. The van der Waals surface area contributed by atoms with Crippen molar-refractivity contribution in [2.75, 3.05) is 25.0 Å². The molecule has 1 aromatic heterocycles. The third-order valence-electron chi connectivity index (χ3n) is 4.80. The fourth-order valence-corrected chi connectivity index (χ4v) is 3.32. The van der Waals surface area contributed by atoms with E-state index >= 15 is 0 Å². The van der Waals surface area contributed by atoms with Gasteiger partial charge in [0, 0.05) is 43.0 Å². The second-order valence-electron chi connectivity index (χ2n) is 6.79. The highest BCUT2D eigenvalue weighted by Gasteiger charge is 2.18. The molecule has 1 aliphatic heterocycles. The molecular formula is C22H23N3O2. The predicted molar refractivity (Wildman–Crippen MR) is 107 cm³/mol. The summed E-state index contributed by atoms with van der Waals surface area (Å²) in [6, 6.07) is 17.9. The maximum atomic E-state index is 12.1. The van der Waals surface area contributed by atoms with Gasteiger partial charge in [0.05, 0.1) is 5.52 Å². The van der Waals surface area contributed by atoms with Gasteiger partial charge in [0.25, 0.3) is 5.91 Å². The number of rotatable bonds is 6. The lowest BCUT2D eigenvalue weighted by molar-refractivity contribution is -0.132. The lowest BCUT2D eigenvalue weighted by Crippen LogP contribution is -2.32. The van der Waals surface area contributed by atoms with E-state index in [9.17, 15) is 4.79 Å². The van der Waals surface area contributed by atoms with Gasteiger partial charge in [0.15, 0.2) is 6.61 Å². The fourth-order valence-electron chi connectivity index (χ4n) is 3.32. The molecule has 1 aliphatic rings. The van der Waals surface area contributed by atoms with E-state index in [-0.39, 0.29) is 12.5 Å². The number of aromatic nitrogens is 1. The highest BCUT2D eigenvalue weighted by molar-refractivity contribution is 5.79. The summed E-state index contributed by atoms with van der Waals surface area (Å²) in [5.74, 6) is 0.761. The Balaban J connectivity index is 1.34. The average molecular weight is 361 g/mol. The number of nitrogens with zero attached hydrogens (tertiary/aromatic N) is 2. The van der Waals surface area contributed by atoms with E-state index in [1.54, 1.807) is 0 Å². The Bertz CT molecular complexity index is 935. The zero-order chi connectivity index (χ0) is 18.5. The van der Waals surface area contributed by atoms with Crippen LogP contribution in [0.15, 0.2) is 60.8 Å². The molecule has 3 aromatic rings. The van der Waals surface area contributed by atoms with Crippen molar-refractivity contribution in [3.63, 3.8) is 0 Å². The number of anilines is 1. The summed E-state index contributed by atoms with van der Waals surface area (Å²) in [7, 11) is 0. The summed E-state index contributed by atoms with van der Waals surface area (Å²) in [4.78, 5) is 18.5. The molecule has 0 aliphatic carbocycles. The molecule has 1 N–H and O–H groups in total. The van der Waals surface area contributed by atoms with E-state index in [1.807, 2.05) is 53.6 Å². The molecule has 1 saturated heterocycles. The van der Waals surface area contributed by atoms with E-state index in [1.165, 1.54) is 0 Å². The van der Waals surface area contributed by atoms with Gasteiger partial charge in [0.1, 0.15) is 5.75 Å². The van der Waals surface area contributed by atoms with Crippen LogP contribution >= 0.6 is 0 Å². The molecule has 5 nitrogen and oxygen atoms in total. The number of para-hydroxylation sites is 1. The van der Waals surface area contributed by atoms with Crippen LogP contribution in [0.25, 0.3) is 10.9 Å². The van der Waals surface area contributed by atoms with Gasteiger partial charge in [0.2, 0.25) is 0 Å². The molecule has 0 saturated carbocycles. The Hall–Kier alpha value is -3.08. The van der Waals surface area contributed by atoms with E-state index in [0.717, 1.165) is 48.1 Å². The summed E-state index contributed by atoms with van der Waals surface area (Å²) < 4.78 is 5.69. The minimum absolute atomic E-state index is 0.0631. The molecule has 0 atom stereocenters. The molecule has 27 heavy (non-hydrogen) atoms. The van der Waals surface area contributed by atoms with Gasteiger partial charge in [-0.25, -0.2) is 0 Å². The first-order valence-corrected chi connectivity index (χ1v) is 9.36. The van der Waals surface area contributed by atoms with E-state index in [0.29, 0.717) is 12.3 Å². The van der Waals surface area contributed by atoms with Crippen molar-refractivity contribution in [1.82, 2.24) is 9.88 Å². The van der Waals surface area contributed by atoms with E-state index < -0.39 is 0 Å². The highest BCUT2D eigenvalue weighted by Crippen LogP contribution is 2.19. The SMILES string of the molecule is O=C(COc1cccc(NCc2cnc3ccccc3c2)c1)N1CCCC1. The molecule has 0 bridgehead atoms. The quantitative estimate of drug-likeness (QED) is 0.725. The third-order valence-corrected chi connectivity index (χ3v) is 4.80. The van der Waals surface area contributed by atoms with Gasteiger partial charge in [-0.3, -0.25) is 9.78 Å². The standard InChI is InChI=1S/C22H23N3O2/c26-22(25-10-3-4-11-25)16-27-20-8-5-7-19(13-20)23-14-17-12-18-6-1-2-9-21(18)24-15-17/h1-2,5-9,12-13,15,23H,3-4,10-11,14,16H2. The van der Waals surface area contributed by atoms with Crippen LogP contribution in [-0.2, 0) is 11.3 Å². The van der Waals surface area contributed by atoms with Crippen molar-refractivity contribution in [1.29, 1.82) is 0 Å². The summed E-state index contributed by atoms with van der Waals surface area (Å²) >= 11 is 0. The fraction of sp³-hybridized carbons (Fsp3) is 0.273. The number of amides is 1. The monoisotopic (exact) mass is 361 g/mol. The van der Waals surface area contributed by atoms with E-state index in [2.05, 4.69) is 22.4 Å². The van der Waals surface area contributed by atoms with Crippen LogP contribution < -0.4 is 10.1 Å². The number of benzene rings is 2. The van der Waals surface area contributed by atoms with Crippen molar-refractivity contribution >= 4 is 22.5 Å². The number of carbonyl (C=O) groups is 1. The second kappa shape index (κ2) is 8.08. The number of ether oxygens (including phenoxy) is 1. The number of hydrogen-bond donors (Lipinski definition) is 1. The molecule has 0 spiro atoms. The number of pyridine rings is 1. The summed E-state index contributed by atoms with van der Waals surface area (Å²) in [5, 5.41) is 4.53. The van der Waals surface area contributed by atoms with Crippen LogP contribution in [-0.4, -0.2) is 35.5 Å². The second-order valence-corrected chi connectivity index (χ2v) is 6.79. The van der Waals surface area contributed by atoms with Crippen molar-refractivity contribution < 1.29 is 9.53 Å². The number of carbonyl (C=O) groups excluding carboxylic acids is 1. The van der Waals surface area contributed by atoms with Crippen LogP contribution in [0.3, 0.4) is 0 Å². The molecule has 5 heteroatoms. The molecule has 2 aromatic carbocycles. The van der Waals surface area contributed by atoms with Crippen molar-refractivity contribution in [2.24, 2.45) is 0 Å². The van der Waals surface area contributed by atoms with Gasteiger partial charge in [-0.2, -0.15) is 0 Å². The van der Waals surface area contributed by atoms with Crippen LogP contribution in [0.2, 0.25) is 0 Å². The van der Waals surface area contributed by atoms with Gasteiger partial charge in [-0.05, 0) is 42.7 Å². The minimum atomic E-state index is 0.0631. The molecule has 2 heterocycles. The van der Waals surface area contributed by atoms with Gasteiger partial charge in [-0.1, -0.05) is 24.3 Å². The zero-order valence-electron chi connectivity index (χ0n) is 15.2. The van der Waals surface area contributed by atoms with Gasteiger partial charge < -0.3 is 15.0 Å². The molecule has 0 unspecified atom stereocenters. The van der Waals surface area contributed by atoms with Crippen molar-refractivity contribution in [3.8, 4) is 5.75 Å². The summed E-state index contributed by atoms with van der Waals surface area (Å²) in [5.41, 5.74) is 3.07. The molecule has 4 rings (SSSR count). The Morgan fingerprint density at radius 2 is 1.93 bits per heavy atom. The Morgan fingerprint density at radius 1 is 1.07 bits per heavy atom. The maximum absolute atomic E-state index is 12.1. The van der Waals surface area contributed by atoms with Crippen LogP contribution in [0, 0.1) is 0 Å². The summed E-state index contributed by atoms with van der Waals surface area (Å²) in [6.45, 7) is 2.47. The smallest absolute Gasteiger partial charge is 0.260 e. The summed E-state index contributed by atoms with van der Waals surface area (Å²) in [6.07, 6.45) is 4.08. The number of likely N-dealkylation sites (tertiary alicyclic amines) is 1. The maximum Gasteiger partial charge on any atom is 0.260 e. The highest BCUT2D eigenvalue weighted by atomic mass is 16.5. The average Bonchev–Trinajstić information content (AvgIpc) is 3.26. The first kappa shape index (κ1) is 17.3. The lowest BCUT2D eigenvalue weighted by atomic mass is 10.1. The first-order chi connectivity index (χ1) is 13.3. The zero-order valence-corrected chi connectivity index (χ0v) is 15.2. The molecule has 0 radical (unpaired) electrons. The number of fused-ring (bicyclic) bond motifs is 1. The first-order valence-electron chi connectivity index (χ1n) is 9.36. The largest absolute Gasteiger partial charge is 0.484 e.